The number of rotatable bonds is 2. The molecule has 84 valence electrons. The predicted molar refractivity (Wildman–Crippen MR) is 54.7 cm³/mol. The third-order valence-corrected chi connectivity index (χ3v) is 2.76. The molecule has 1 atom stereocenters. The first-order chi connectivity index (χ1) is 6.84. The molecule has 0 spiro atoms. The minimum atomic E-state index is -4.25. The number of hydrogen-bond donors (Lipinski definition) is 0. The maximum atomic E-state index is 12.7. The monoisotopic (exact) mass is 216 g/mol. The number of hydrogen-bond acceptors (Lipinski definition) is 0. The molecular weight excluding hydrogens is 201 g/mol. The molecule has 0 fully saturated rings. The molecule has 3 heteroatoms. The van der Waals surface area contributed by atoms with Crippen molar-refractivity contribution in [3.63, 3.8) is 0 Å². The Bertz CT molecular complexity index is 326. The van der Waals surface area contributed by atoms with Gasteiger partial charge in [-0.05, 0) is 23.5 Å². The first-order valence-corrected chi connectivity index (χ1v) is 5.00. The van der Waals surface area contributed by atoms with Crippen molar-refractivity contribution in [2.24, 2.45) is 5.92 Å². The maximum absolute atomic E-state index is 12.7. The van der Waals surface area contributed by atoms with Crippen molar-refractivity contribution in [2.75, 3.05) is 0 Å². The van der Waals surface area contributed by atoms with Gasteiger partial charge in [-0.25, -0.2) is 0 Å². The number of benzene rings is 1. The third-order valence-electron chi connectivity index (χ3n) is 2.76. The summed E-state index contributed by atoms with van der Waals surface area (Å²) < 4.78 is 38.0. The summed E-state index contributed by atoms with van der Waals surface area (Å²) in [4.78, 5) is 0. The van der Waals surface area contributed by atoms with Gasteiger partial charge in [0.1, 0.15) is 0 Å². The zero-order valence-electron chi connectivity index (χ0n) is 9.10. The van der Waals surface area contributed by atoms with E-state index in [-0.39, 0.29) is 11.8 Å². The van der Waals surface area contributed by atoms with E-state index in [4.69, 9.17) is 0 Å². The molecule has 0 saturated carbocycles. The van der Waals surface area contributed by atoms with Crippen molar-refractivity contribution >= 4 is 0 Å². The van der Waals surface area contributed by atoms with Crippen LogP contribution < -0.4 is 0 Å². The van der Waals surface area contributed by atoms with Gasteiger partial charge in [0.15, 0.2) is 0 Å². The first-order valence-electron chi connectivity index (χ1n) is 5.00. The maximum Gasteiger partial charge on any atom is 0.416 e. The molecule has 0 aromatic heterocycles. The van der Waals surface area contributed by atoms with Gasteiger partial charge >= 0.3 is 6.18 Å². The normalized spacial score (nSPS) is 14.3. The molecule has 0 aliphatic heterocycles. The second-order valence-corrected chi connectivity index (χ2v) is 4.12. The van der Waals surface area contributed by atoms with Crippen molar-refractivity contribution in [2.45, 2.75) is 32.9 Å². The van der Waals surface area contributed by atoms with Gasteiger partial charge < -0.3 is 0 Å². The lowest BCUT2D eigenvalue weighted by atomic mass is 9.87. The van der Waals surface area contributed by atoms with E-state index in [9.17, 15) is 13.2 Å². The Morgan fingerprint density at radius 3 is 2.00 bits per heavy atom. The molecule has 0 nitrogen and oxygen atoms in total. The van der Waals surface area contributed by atoms with Crippen LogP contribution in [0.3, 0.4) is 0 Å². The van der Waals surface area contributed by atoms with Crippen LogP contribution >= 0.6 is 0 Å². The van der Waals surface area contributed by atoms with Crippen molar-refractivity contribution in [3.05, 3.63) is 35.4 Å². The SMILES string of the molecule is CC(C)[C@H](C)c1ccccc1C(F)(F)F. The average Bonchev–Trinajstić information content (AvgIpc) is 2.15. The van der Waals surface area contributed by atoms with Crippen molar-refractivity contribution < 1.29 is 13.2 Å². The number of halogens is 3. The predicted octanol–water partition coefficient (Wildman–Crippen LogP) is 4.46. The highest BCUT2D eigenvalue weighted by atomic mass is 19.4. The molecular formula is C12H15F3. The smallest absolute Gasteiger partial charge is 0.166 e. The highest BCUT2D eigenvalue weighted by Crippen LogP contribution is 2.37. The lowest BCUT2D eigenvalue weighted by Gasteiger charge is -2.20. The molecule has 0 amide bonds. The van der Waals surface area contributed by atoms with E-state index in [1.165, 1.54) is 6.07 Å². The van der Waals surface area contributed by atoms with Gasteiger partial charge in [-0.2, -0.15) is 13.2 Å². The molecule has 0 heterocycles. The second kappa shape index (κ2) is 4.25. The summed E-state index contributed by atoms with van der Waals surface area (Å²) in [5, 5.41) is 0. The fourth-order valence-electron chi connectivity index (χ4n) is 1.51. The summed E-state index contributed by atoms with van der Waals surface area (Å²) >= 11 is 0. The highest BCUT2D eigenvalue weighted by molar-refractivity contribution is 5.32. The molecule has 0 aliphatic carbocycles. The Labute approximate surface area is 88.1 Å². The van der Waals surface area contributed by atoms with E-state index in [0.29, 0.717) is 5.56 Å². The summed E-state index contributed by atoms with van der Waals surface area (Å²) in [5.74, 6) is 0.122. The van der Waals surface area contributed by atoms with Gasteiger partial charge in [0.25, 0.3) is 0 Å². The van der Waals surface area contributed by atoms with Crippen LogP contribution in [0, 0.1) is 5.92 Å². The molecule has 1 aromatic carbocycles. The van der Waals surface area contributed by atoms with E-state index in [0.717, 1.165) is 6.07 Å². The van der Waals surface area contributed by atoms with Crippen LogP contribution in [-0.2, 0) is 6.18 Å². The van der Waals surface area contributed by atoms with Gasteiger partial charge in [0.2, 0.25) is 0 Å². The molecule has 1 aromatic rings. The van der Waals surface area contributed by atoms with E-state index in [1.807, 2.05) is 20.8 Å². The Morgan fingerprint density at radius 1 is 1.00 bits per heavy atom. The number of alkyl halides is 3. The van der Waals surface area contributed by atoms with Gasteiger partial charge in [-0.15, -0.1) is 0 Å². The van der Waals surface area contributed by atoms with Crippen LogP contribution in [-0.4, -0.2) is 0 Å². The Hall–Kier alpha value is -0.990. The van der Waals surface area contributed by atoms with Crippen molar-refractivity contribution in [3.8, 4) is 0 Å². The topological polar surface area (TPSA) is 0 Å². The van der Waals surface area contributed by atoms with Gasteiger partial charge in [0, 0.05) is 0 Å². The van der Waals surface area contributed by atoms with E-state index in [2.05, 4.69) is 0 Å². The molecule has 15 heavy (non-hydrogen) atoms. The molecule has 0 aliphatic rings. The van der Waals surface area contributed by atoms with E-state index < -0.39 is 11.7 Å². The fourth-order valence-corrected chi connectivity index (χ4v) is 1.51. The minimum absolute atomic E-state index is 0.0807. The fraction of sp³-hybridized carbons (Fsp3) is 0.500. The average molecular weight is 216 g/mol. The highest BCUT2D eigenvalue weighted by Gasteiger charge is 2.34. The lowest BCUT2D eigenvalue weighted by molar-refractivity contribution is -0.138. The van der Waals surface area contributed by atoms with Crippen LogP contribution in [0.25, 0.3) is 0 Å². The summed E-state index contributed by atoms with van der Waals surface area (Å²) in [6, 6.07) is 5.80. The first kappa shape index (κ1) is 12.1. The van der Waals surface area contributed by atoms with E-state index in [1.54, 1.807) is 12.1 Å². The molecule has 0 bridgehead atoms. The minimum Gasteiger partial charge on any atom is -0.166 e. The van der Waals surface area contributed by atoms with Crippen LogP contribution in [0.1, 0.15) is 37.8 Å². The summed E-state index contributed by atoms with van der Waals surface area (Å²) in [6.45, 7) is 5.69. The Morgan fingerprint density at radius 2 is 1.53 bits per heavy atom. The van der Waals surface area contributed by atoms with Gasteiger partial charge in [-0.1, -0.05) is 39.0 Å². The molecule has 0 N–H and O–H groups in total. The second-order valence-electron chi connectivity index (χ2n) is 4.12. The Balaban J connectivity index is 3.18. The quantitative estimate of drug-likeness (QED) is 0.684. The van der Waals surface area contributed by atoms with Crippen molar-refractivity contribution in [1.82, 2.24) is 0 Å². The molecule has 1 rings (SSSR count). The standard InChI is InChI=1S/C12H15F3/c1-8(2)9(3)10-6-4-5-7-11(10)12(13,14)15/h4-9H,1-3H3/t9-/m0/s1. The van der Waals surface area contributed by atoms with Crippen LogP contribution in [0.2, 0.25) is 0 Å². The van der Waals surface area contributed by atoms with E-state index >= 15 is 0 Å². The van der Waals surface area contributed by atoms with Crippen molar-refractivity contribution in [1.29, 1.82) is 0 Å². The van der Waals surface area contributed by atoms with Crippen LogP contribution in [0.15, 0.2) is 24.3 Å². The molecule has 0 saturated heterocycles. The van der Waals surface area contributed by atoms with Gasteiger partial charge in [0.05, 0.1) is 5.56 Å². The van der Waals surface area contributed by atoms with Crippen LogP contribution in [0.4, 0.5) is 13.2 Å². The van der Waals surface area contributed by atoms with Crippen LogP contribution in [0.5, 0.6) is 0 Å². The molecule has 0 unspecified atom stereocenters. The summed E-state index contributed by atoms with van der Waals surface area (Å²) in [7, 11) is 0. The lowest BCUT2D eigenvalue weighted by Crippen LogP contribution is -2.13. The van der Waals surface area contributed by atoms with Gasteiger partial charge in [-0.3, -0.25) is 0 Å². The largest absolute Gasteiger partial charge is 0.416 e. The third kappa shape index (κ3) is 2.74. The summed E-state index contributed by atoms with van der Waals surface area (Å²) in [5.41, 5.74) is -0.119. The zero-order valence-corrected chi connectivity index (χ0v) is 9.10. The summed E-state index contributed by atoms with van der Waals surface area (Å²) in [6.07, 6.45) is -4.25. The zero-order chi connectivity index (χ0) is 11.6. The molecule has 0 radical (unpaired) electrons. The Kier molecular flexibility index (Phi) is 3.42.